The molecule has 4 rings (SSSR count). The number of aliphatic hydroxyl groups excluding tert-OH is 1. The molecule has 0 unspecified atom stereocenters. The molecular formula is C33H51N5O5. The van der Waals surface area contributed by atoms with Gasteiger partial charge in [-0.1, -0.05) is 0 Å². The van der Waals surface area contributed by atoms with Gasteiger partial charge in [0.25, 0.3) is 0 Å². The first-order valence-corrected chi connectivity index (χ1v) is 15.6. The third kappa shape index (κ3) is 8.94. The summed E-state index contributed by atoms with van der Waals surface area (Å²) in [6.07, 6.45) is 6.36. The summed E-state index contributed by atoms with van der Waals surface area (Å²) in [4.78, 5) is 32.1. The third-order valence-electron chi connectivity index (χ3n) is 7.80. The molecular weight excluding hydrogens is 546 g/mol. The number of nitrogens with zero attached hydrogens (tertiary/aromatic N) is 4. The average molecular weight is 598 g/mol. The molecule has 10 nitrogen and oxygen atoms in total. The van der Waals surface area contributed by atoms with Crippen LogP contribution in [0.25, 0.3) is 0 Å². The molecule has 0 spiro atoms. The number of amides is 2. The molecule has 238 valence electrons. The Balaban J connectivity index is 1.53. The maximum atomic E-state index is 13.8. The summed E-state index contributed by atoms with van der Waals surface area (Å²) in [5.41, 5.74) is 0.821. The van der Waals surface area contributed by atoms with E-state index in [-0.39, 0.29) is 24.2 Å². The minimum atomic E-state index is -0.690. The van der Waals surface area contributed by atoms with Gasteiger partial charge in [0.15, 0.2) is 0 Å². The lowest BCUT2D eigenvalue weighted by Crippen LogP contribution is -2.46. The smallest absolute Gasteiger partial charge is 0.420 e. The number of alkyl carbamates (subject to hydrolysis) is 1. The summed E-state index contributed by atoms with van der Waals surface area (Å²) in [6, 6.07) is 5.90. The van der Waals surface area contributed by atoms with Crippen molar-refractivity contribution in [2.45, 2.75) is 142 Å². The lowest BCUT2D eigenvalue weighted by molar-refractivity contribution is 0.0448. The number of carbonyl (C=O) groups excluding carboxylic acids is 2. The highest BCUT2D eigenvalue weighted by molar-refractivity contribution is 5.95. The van der Waals surface area contributed by atoms with Gasteiger partial charge in [-0.25, -0.2) is 19.2 Å². The van der Waals surface area contributed by atoms with Gasteiger partial charge in [0.05, 0.1) is 23.0 Å². The highest BCUT2D eigenvalue weighted by Gasteiger charge is 2.35. The van der Waals surface area contributed by atoms with Crippen molar-refractivity contribution < 1.29 is 24.2 Å². The minimum absolute atomic E-state index is 0.134. The summed E-state index contributed by atoms with van der Waals surface area (Å²) < 4.78 is 13.2. The number of pyridine rings is 1. The lowest BCUT2D eigenvalue weighted by atomic mass is 9.77. The second-order valence-electron chi connectivity index (χ2n) is 15.2. The number of nitrogens with one attached hydrogen (secondary N) is 1. The third-order valence-corrected chi connectivity index (χ3v) is 7.80. The summed E-state index contributed by atoms with van der Waals surface area (Å²) in [5, 5.41) is 18.1. The minimum Gasteiger partial charge on any atom is -0.444 e. The maximum Gasteiger partial charge on any atom is 0.420 e. The summed E-state index contributed by atoms with van der Waals surface area (Å²) in [7, 11) is 0. The molecule has 43 heavy (non-hydrogen) atoms. The number of rotatable bonds is 7. The number of ether oxygens (including phenoxy) is 2. The Morgan fingerprint density at radius 1 is 1.00 bits per heavy atom. The number of anilines is 2. The zero-order valence-electron chi connectivity index (χ0n) is 27.4. The first kappa shape index (κ1) is 32.8. The van der Waals surface area contributed by atoms with Crippen molar-refractivity contribution in [1.29, 1.82) is 0 Å². The van der Waals surface area contributed by atoms with E-state index in [4.69, 9.17) is 14.6 Å². The van der Waals surface area contributed by atoms with Gasteiger partial charge < -0.3 is 19.9 Å². The van der Waals surface area contributed by atoms with Crippen LogP contribution in [-0.4, -0.2) is 55.4 Å². The summed E-state index contributed by atoms with van der Waals surface area (Å²) >= 11 is 0. The highest BCUT2D eigenvalue weighted by atomic mass is 16.6. The largest absolute Gasteiger partial charge is 0.444 e. The van der Waals surface area contributed by atoms with E-state index >= 15 is 0 Å². The van der Waals surface area contributed by atoms with Crippen molar-refractivity contribution in [3.05, 3.63) is 35.8 Å². The molecule has 2 aliphatic carbocycles. The molecule has 0 bridgehead atoms. The second kappa shape index (κ2) is 12.5. The number of aryl methyl sites for hydroxylation is 1. The monoisotopic (exact) mass is 597 g/mol. The van der Waals surface area contributed by atoms with Gasteiger partial charge in [0.1, 0.15) is 17.0 Å². The normalized spacial score (nSPS) is 22.6. The Hall–Kier alpha value is -3.14. The van der Waals surface area contributed by atoms with Gasteiger partial charge in [0, 0.05) is 29.9 Å². The Morgan fingerprint density at radius 3 is 2.26 bits per heavy atom. The fraction of sp³-hybridized carbons (Fsp3) is 0.697. The number of aromatic nitrogens is 3. The molecule has 2 aromatic rings. The first-order valence-electron chi connectivity index (χ1n) is 15.6. The molecule has 2 saturated carbocycles. The van der Waals surface area contributed by atoms with Crippen molar-refractivity contribution in [3.8, 4) is 0 Å². The van der Waals surface area contributed by atoms with Crippen LogP contribution in [0, 0.1) is 5.92 Å². The van der Waals surface area contributed by atoms with E-state index in [1.54, 1.807) is 11.1 Å². The predicted molar refractivity (Wildman–Crippen MR) is 167 cm³/mol. The van der Waals surface area contributed by atoms with Gasteiger partial charge in [-0.05, 0) is 125 Å². The lowest BCUT2D eigenvalue weighted by Gasteiger charge is -2.36. The second-order valence-corrected chi connectivity index (χ2v) is 15.2. The predicted octanol–water partition coefficient (Wildman–Crippen LogP) is 6.97. The zero-order valence-corrected chi connectivity index (χ0v) is 27.4. The van der Waals surface area contributed by atoms with Gasteiger partial charge >= 0.3 is 12.2 Å². The molecule has 0 aliphatic heterocycles. The van der Waals surface area contributed by atoms with Crippen LogP contribution in [0.2, 0.25) is 0 Å². The molecule has 2 aromatic heterocycles. The molecule has 0 saturated heterocycles. The van der Waals surface area contributed by atoms with E-state index < -0.39 is 22.8 Å². The van der Waals surface area contributed by atoms with Crippen molar-refractivity contribution >= 4 is 23.7 Å². The van der Waals surface area contributed by atoms with Crippen molar-refractivity contribution in [2.75, 3.05) is 4.90 Å². The van der Waals surface area contributed by atoms with Gasteiger partial charge in [-0.15, -0.1) is 0 Å². The van der Waals surface area contributed by atoms with Crippen LogP contribution in [0.5, 0.6) is 0 Å². The Morgan fingerprint density at radius 2 is 1.67 bits per heavy atom. The summed E-state index contributed by atoms with van der Waals surface area (Å²) in [6.45, 7) is 17.3. The molecule has 2 amide bonds. The van der Waals surface area contributed by atoms with E-state index in [0.717, 1.165) is 49.9 Å². The number of hydrogen-bond acceptors (Lipinski definition) is 7. The van der Waals surface area contributed by atoms with Crippen LogP contribution in [-0.2, 0) is 21.4 Å². The molecule has 2 fully saturated rings. The highest BCUT2D eigenvalue weighted by Crippen LogP contribution is 2.39. The van der Waals surface area contributed by atoms with Gasteiger partial charge in [-0.3, -0.25) is 4.98 Å². The fourth-order valence-corrected chi connectivity index (χ4v) is 5.76. The summed E-state index contributed by atoms with van der Waals surface area (Å²) in [5.74, 6) is 1.26. The number of aliphatic hydroxyl groups is 1. The number of carbonyl (C=O) groups is 2. The number of hydrogen-bond donors (Lipinski definition) is 2. The van der Waals surface area contributed by atoms with Crippen LogP contribution in [0.4, 0.5) is 21.1 Å². The van der Waals surface area contributed by atoms with Crippen LogP contribution < -0.4 is 10.2 Å². The van der Waals surface area contributed by atoms with Crippen LogP contribution >= 0.6 is 0 Å². The van der Waals surface area contributed by atoms with E-state index in [9.17, 15) is 14.7 Å². The average Bonchev–Trinajstić information content (AvgIpc) is 3.45. The van der Waals surface area contributed by atoms with Gasteiger partial charge in [-0.2, -0.15) is 5.10 Å². The fourth-order valence-electron chi connectivity index (χ4n) is 5.76. The Bertz CT molecular complexity index is 1280. The first-order chi connectivity index (χ1) is 19.9. The van der Waals surface area contributed by atoms with E-state index in [1.165, 1.54) is 0 Å². The Labute approximate surface area is 256 Å². The van der Waals surface area contributed by atoms with E-state index in [1.807, 2.05) is 64.4 Å². The molecule has 2 N–H and O–H groups in total. The van der Waals surface area contributed by atoms with Gasteiger partial charge in [0.2, 0.25) is 0 Å². The van der Waals surface area contributed by atoms with Crippen LogP contribution in [0.1, 0.15) is 118 Å². The van der Waals surface area contributed by atoms with Crippen LogP contribution in [0.3, 0.4) is 0 Å². The Kier molecular flexibility index (Phi) is 9.50. The zero-order chi connectivity index (χ0) is 31.7. The molecule has 0 radical (unpaired) electrons. The quantitative estimate of drug-likeness (QED) is 0.354. The molecule has 2 aliphatic rings. The van der Waals surface area contributed by atoms with E-state index in [0.29, 0.717) is 23.8 Å². The molecule has 10 heteroatoms. The SMILES string of the molecule is CC(C)(C)OC(=O)NC1CC(CCc2cc(N(C(=O)OC(C)(C)C)c3cc([C@H]4CC[C@@H](O)C4)nn3C(C)(C)C)ccn2)C1. The van der Waals surface area contributed by atoms with Crippen molar-refractivity contribution in [2.24, 2.45) is 5.92 Å². The molecule has 2 atom stereocenters. The topological polar surface area (TPSA) is 119 Å². The van der Waals surface area contributed by atoms with Crippen molar-refractivity contribution in [3.63, 3.8) is 0 Å². The van der Waals surface area contributed by atoms with E-state index in [2.05, 4.69) is 31.1 Å². The standard InChI is InChI=1S/C33H51N5O5/c1-31(2,3)38-28(20-27(36-38)22-11-13-26(39)18-22)37(30(41)43-33(7,8)9)25-14-15-34-23(19-25)12-10-21-16-24(17-21)35-29(40)42-32(4,5)6/h14-15,19-22,24,26,39H,10-13,16-18H2,1-9H3,(H,35,40)/t21?,22-,24?,26+/m0/s1. The maximum absolute atomic E-state index is 13.8. The van der Waals surface area contributed by atoms with Crippen LogP contribution in [0.15, 0.2) is 24.4 Å². The molecule has 0 aromatic carbocycles. The molecule has 2 heterocycles. The van der Waals surface area contributed by atoms with Crippen molar-refractivity contribution in [1.82, 2.24) is 20.1 Å².